The molecular formula is C24H18Cl2N4O3. The minimum atomic E-state index is -0.589. The minimum Gasteiger partial charge on any atom is -0.497 e. The molecular weight excluding hydrogens is 463 g/mol. The lowest BCUT2D eigenvalue weighted by Crippen LogP contribution is -2.16. The highest BCUT2D eigenvalue weighted by Gasteiger charge is 2.17. The Morgan fingerprint density at radius 2 is 1.45 bits per heavy atom. The van der Waals surface area contributed by atoms with Crippen LogP contribution in [0.1, 0.15) is 21.6 Å². The maximum atomic E-state index is 12.7. The Labute approximate surface area is 200 Å². The van der Waals surface area contributed by atoms with E-state index in [0.717, 1.165) is 11.3 Å². The Balaban J connectivity index is 1.70. The van der Waals surface area contributed by atoms with Crippen molar-refractivity contribution in [1.29, 1.82) is 0 Å². The number of carbonyl (C=O) groups excluding carboxylic acids is 1. The highest BCUT2D eigenvalue weighted by molar-refractivity contribution is 6.31. The maximum absolute atomic E-state index is 12.7. The van der Waals surface area contributed by atoms with E-state index < -0.39 is 5.97 Å². The fourth-order valence-electron chi connectivity index (χ4n) is 2.98. The monoisotopic (exact) mass is 480 g/mol. The van der Waals surface area contributed by atoms with Gasteiger partial charge in [-0.15, -0.1) is 15.0 Å². The molecule has 0 bridgehead atoms. The van der Waals surface area contributed by atoms with Crippen LogP contribution in [0.4, 0.5) is 0 Å². The number of hydrogen-bond donors (Lipinski definition) is 0. The Morgan fingerprint density at radius 3 is 2.03 bits per heavy atom. The number of ether oxygens (including phenoxy) is 2. The number of hydrogen-bond acceptors (Lipinski definition) is 6. The average Bonchev–Trinajstić information content (AvgIpc) is 3.19. The molecule has 9 heteroatoms. The molecule has 1 aromatic heterocycles. The van der Waals surface area contributed by atoms with Crippen LogP contribution in [0.2, 0.25) is 10.0 Å². The molecule has 0 N–H and O–H groups in total. The van der Waals surface area contributed by atoms with Crippen molar-refractivity contribution in [3.05, 3.63) is 99.7 Å². The van der Waals surface area contributed by atoms with Crippen LogP contribution in [-0.4, -0.2) is 34.1 Å². The van der Waals surface area contributed by atoms with Crippen molar-refractivity contribution in [2.24, 2.45) is 5.10 Å². The van der Waals surface area contributed by atoms with E-state index in [-0.39, 0.29) is 5.90 Å². The van der Waals surface area contributed by atoms with Crippen molar-refractivity contribution in [2.45, 2.75) is 6.92 Å². The molecule has 0 fully saturated rings. The molecule has 4 rings (SSSR count). The van der Waals surface area contributed by atoms with E-state index >= 15 is 0 Å². The zero-order valence-corrected chi connectivity index (χ0v) is 19.2. The van der Waals surface area contributed by atoms with E-state index in [1.54, 1.807) is 55.6 Å². The lowest BCUT2D eigenvalue weighted by atomic mass is 10.1. The molecule has 7 nitrogen and oxygen atoms in total. The summed E-state index contributed by atoms with van der Waals surface area (Å²) in [6, 6.07) is 20.6. The molecule has 0 aliphatic carbocycles. The number of halogens is 2. The summed E-state index contributed by atoms with van der Waals surface area (Å²) in [5.74, 6) is 0.190. The predicted molar refractivity (Wildman–Crippen MR) is 127 cm³/mol. The van der Waals surface area contributed by atoms with Crippen molar-refractivity contribution < 1.29 is 14.3 Å². The van der Waals surface area contributed by atoms with E-state index in [9.17, 15) is 4.79 Å². The van der Waals surface area contributed by atoms with Crippen LogP contribution in [0.5, 0.6) is 5.75 Å². The van der Waals surface area contributed by atoms with Gasteiger partial charge in [-0.25, -0.2) is 4.79 Å². The summed E-state index contributed by atoms with van der Waals surface area (Å²) >= 11 is 11.9. The number of rotatable bonds is 5. The van der Waals surface area contributed by atoms with Gasteiger partial charge < -0.3 is 9.47 Å². The Morgan fingerprint density at radius 1 is 0.879 bits per heavy atom. The fourth-order valence-corrected chi connectivity index (χ4v) is 3.23. The zero-order valence-electron chi connectivity index (χ0n) is 17.7. The van der Waals surface area contributed by atoms with E-state index in [1.807, 2.05) is 31.2 Å². The number of esters is 1. The molecule has 0 unspecified atom stereocenters. The molecule has 3 aromatic carbocycles. The van der Waals surface area contributed by atoms with Gasteiger partial charge in [0.25, 0.3) is 0 Å². The first-order chi connectivity index (χ1) is 15.9. The van der Waals surface area contributed by atoms with Crippen molar-refractivity contribution >= 4 is 35.1 Å². The van der Waals surface area contributed by atoms with Gasteiger partial charge in [-0.3, -0.25) is 0 Å². The van der Waals surface area contributed by atoms with Crippen molar-refractivity contribution in [3.63, 3.8) is 0 Å². The van der Waals surface area contributed by atoms with E-state index in [4.69, 9.17) is 32.7 Å². The normalized spacial score (nSPS) is 11.3. The van der Waals surface area contributed by atoms with Crippen LogP contribution in [0.3, 0.4) is 0 Å². The van der Waals surface area contributed by atoms with E-state index in [2.05, 4.69) is 15.4 Å². The molecule has 166 valence electrons. The van der Waals surface area contributed by atoms with Gasteiger partial charge in [-0.1, -0.05) is 23.2 Å². The van der Waals surface area contributed by atoms with Gasteiger partial charge in [-0.05, 0) is 84.9 Å². The molecule has 0 aliphatic heterocycles. The van der Waals surface area contributed by atoms with Gasteiger partial charge in [0.1, 0.15) is 11.4 Å². The number of aromatic nitrogens is 3. The van der Waals surface area contributed by atoms with Crippen LogP contribution in [0.25, 0.3) is 11.3 Å². The second-order valence-electron chi connectivity index (χ2n) is 6.95. The number of carbonyl (C=O) groups is 1. The lowest BCUT2D eigenvalue weighted by molar-refractivity contribution is 0.0716. The first-order valence-corrected chi connectivity index (χ1v) is 10.6. The standard InChI is InChI=1S/C24H18Cl2N4O3/c1-15-22(16-7-13-21(32-2)14-8-16)27-29-30(15)28-23(17-3-9-19(25)10-4-17)33-24(31)18-5-11-20(26)12-6-18/h3-14H,1-2H3/b28-23+. The molecule has 0 saturated carbocycles. The summed E-state index contributed by atoms with van der Waals surface area (Å²) in [6.07, 6.45) is 0. The number of benzene rings is 3. The highest BCUT2D eigenvalue weighted by atomic mass is 35.5. The molecule has 4 aromatic rings. The quantitative estimate of drug-likeness (QED) is 0.210. The first kappa shape index (κ1) is 22.5. The summed E-state index contributed by atoms with van der Waals surface area (Å²) < 4.78 is 10.8. The third-order valence-electron chi connectivity index (χ3n) is 4.78. The Bertz CT molecular complexity index is 1300. The lowest BCUT2D eigenvalue weighted by Gasteiger charge is -2.09. The number of nitrogens with zero attached hydrogens (tertiary/aromatic N) is 4. The van der Waals surface area contributed by atoms with Gasteiger partial charge in [0, 0.05) is 21.2 Å². The van der Waals surface area contributed by atoms with Gasteiger partial charge in [0.05, 0.1) is 18.4 Å². The van der Waals surface area contributed by atoms with Crippen molar-refractivity contribution in [2.75, 3.05) is 7.11 Å². The molecule has 1 heterocycles. The smallest absolute Gasteiger partial charge is 0.344 e. The van der Waals surface area contributed by atoms with Crippen LogP contribution in [-0.2, 0) is 4.74 Å². The van der Waals surface area contributed by atoms with Crippen LogP contribution in [0.15, 0.2) is 77.9 Å². The Kier molecular flexibility index (Phi) is 6.72. The molecule has 0 amide bonds. The zero-order chi connectivity index (χ0) is 23.4. The van der Waals surface area contributed by atoms with Gasteiger partial charge in [0.2, 0.25) is 5.90 Å². The predicted octanol–water partition coefficient (Wildman–Crippen LogP) is 5.64. The summed E-state index contributed by atoms with van der Waals surface area (Å²) in [5.41, 5.74) is 3.02. The summed E-state index contributed by atoms with van der Waals surface area (Å²) in [4.78, 5) is 14.1. The third-order valence-corrected chi connectivity index (χ3v) is 5.29. The fraction of sp³-hybridized carbons (Fsp3) is 0.0833. The largest absolute Gasteiger partial charge is 0.497 e. The van der Waals surface area contributed by atoms with Gasteiger partial charge >= 0.3 is 5.97 Å². The highest BCUT2D eigenvalue weighted by Crippen LogP contribution is 2.23. The second-order valence-corrected chi connectivity index (χ2v) is 7.82. The minimum absolute atomic E-state index is 0.0425. The summed E-state index contributed by atoms with van der Waals surface area (Å²) in [6.45, 7) is 1.82. The van der Waals surface area contributed by atoms with Gasteiger partial charge in [-0.2, -0.15) is 0 Å². The van der Waals surface area contributed by atoms with Crippen molar-refractivity contribution in [1.82, 2.24) is 15.1 Å². The van der Waals surface area contributed by atoms with Crippen LogP contribution >= 0.6 is 23.2 Å². The van der Waals surface area contributed by atoms with E-state index in [0.29, 0.717) is 32.6 Å². The van der Waals surface area contributed by atoms with Crippen LogP contribution in [0, 0.1) is 6.92 Å². The summed E-state index contributed by atoms with van der Waals surface area (Å²) in [5, 5.41) is 13.9. The molecule has 0 spiro atoms. The molecule has 33 heavy (non-hydrogen) atoms. The number of methoxy groups -OCH3 is 1. The molecule has 0 atom stereocenters. The Hall–Kier alpha value is -3.68. The maximum Gasteiger partial charge on any atom is 0.344 e. The van der Waals surface area contributed by atoms with Gasteiger partial charge in [0.15, 0.2) is 0 Å². The summed E-state index contributed by atoms with van der Waals surface area (Å²) in [7, 11) is 1.61. The average molecular weight is 481 g/mol. The first-order valence-electron chi connectivity index (χ1n) is 9.84. The van der Waals surface area contributed by atoms with Crippen LogP contribution < -0.4 is 4.74 Å². The topological polar surface area (TPSA) is 78.6 Å². The van der Waals surface area contributed by atoms with E-state index in [1.165, 1.54) is 4.79 Å². The SMILES string of the molecule is COc1ccc(-c2nnn(/N=C(/OC(=O)c3ccc(Cl)cc3)c3ccc(Cl)cc3)c2C)cc1. The van der Waals surface area contributed by atoms with Crippen molar-refractivity contribution in [3.8, 4) is 17.0 Å². The second kappa shape index (κ2) is 9.85. The molecule has 0 aliphatic rings. The molecule has 0 radical (unpaired) electrons. The third kappa shape index (κ3) is 5.22. The molecule has 0 saturated heterocycles.